The van der Waals surface area contributed by atoms with Crippen molar-refractivity contribution >= 4 is 99.7 Å². The van der Waals surface area contributed by atoms with E-state index in [1.165, 1.54) is 14.2 Å². The number of carbonyl (C=O) groups is 1. The summed E-state index contributed by atoms with van der Waals surface area (Å²) in [4.78, 5) is 10.6. The monoisotopic (exact) mass is 709 g/mol. The summed E-state index contributed by atoms with van der Waals surface area (Å²) in [6.45, 7) is 0. The molecule has 0 unspecified atom stereocenters. The van der Waals surface area contributed by atoms with Crippen LogP contribution in [0.2, 0.25) is 0 Å². The Morgan fingerprint density at radius 1 is 1.06 bits per heavy atom. The standard InChI is InChI=1S/C6H7O4Te.4CH4.2Sn.Te.H2/c1-9-5(7)3-4(11)6(8)10-2;;;;;;;;/h11H,1-2H3;4*1H4;;;;1H. The molecule has 109 valence electrons. The van der Waals surface area contributed by atoms with E-state index in [1.54, 1.807) is 0 Å². The molecule has 18 heavy (non-hydrogen) atoms. The van der Waals surface area contributed by atoms with Gasteiger partial charge >= 0.3 is 77.2 Å². The van der Waals surface area contributed by atoms with E-state index in [-0.39, 0.29) is 106 Å². The van der Waals surface area contributed by atoms with Crippen LogP contribution < -0.4 is 0 Å². The first kappa shape index (κ1) is 50.3. The van der Waals surface area contributed by atoms with Crippen molar-refractivity contribution in [2.45, 2.75) is 29.7 Å². The van der Waals surface area contributed by atoms with Crippen LogP contribution in [0.5, 0.6) is 0 Å². The summed E-state index contributed by atoms with van der Waals surface area (Å²) in [5, 5.41) is 10.5. The van der Waals surface area contributed by atoms with Gasteiger partial charge in [-0.25, -0.2) is 0 Å². The van der Waals surface area contributed by atoms with E-state index in [0.29, 0.717) is 0 Å². The number of hydrogen-bond acceptors (Lipinski definition) is 3. The molecular weight excluding hydrogens is 677 g/mol. The molecule has 0 aromatic rings. The van der Waals surface area contributed by atoms with Crippen molar-refractivity contribution < 1.29 is 20.8 Å². The molecule has 0 bridgehead atoms. The van der Waals surface area contributed by atoms with Crippen molar-refractivity contribution in [1.82, 2.24) is 0 Å². The molecule has 0 rings (SSSR count). The molecule has 0 heterocycles. The summed E-state index contributed by atoms with van der Waals surface area (Å²) in [7, 11) is 2.45. The molecule has 0 aliphatic heterocycles. The minimum absolute atomic E-state index is 0. The molecule has 0 amide bonds. The number of ether oxygens (including phenoxy) is 2. The van der Waals surface area contributed by atoms with Crippen LogP contribution >= 0.6 is 0 Å². The van der Waals surface area contributed by atoms with Gasteiger partial charge in [0.2, 0.25) is 0 Å². The topological polar surface area (TPSA) is 55.4 Å². The molecule has 0 aromatic heterocycles. The third-order valence-electron chi connectivity index (χ3n) is 0.785. The van der Waals surface area contributed by atoms with Gasteiger partial charge in [-0.3, -0.25) is 0 Å². The molecule has 0 saturated heterocycles. The van der Waals surface area contributed by atoms with E-state index in [0.717, 1.165) is 22.3 Å². The van der Waals surface area contributed by atoms with Crippen molar-refractivity contribution in [3.8, 4) is 0 Å². The van der Waals surface area contributed by atoms with E-state index in [4.69, 9.17) is 0 Å². The summed E-state index contributed by atoms with van der Waals surface area (Å²) in [6, 6.07) is 0. The number of methoxy groups -OCH3 is 2. The Hall–Kier alpha value is 1.77. The SMILES string of the molecule is C.C.C.C.COC(=O)C([TeH])=C=C([O])OC.[HH].[Sn].[Sn].[Te]. The van der Waals surface area contributed by atoms with Crippen molar-refractivity contribution in [1.29, 1.82) is 0 Å². The number of esters is 1. The van der Waals surface area contributed by atoms with Crippen molar-refractivity contribution in [2.75, 3.05) is 14.2 Å². The first-order valence-electron chi connectivity index (χ1n) is 2.61. The number of rotatable bonds is 2. The van der Waals surface area contributed by atoms with Gasteiger partial charge in [0, 0.05) is 72.9 Å². The van der Waals surface area contributed by atoms with Crippen molar-refractivity contribution in [3.05, 3.63) is 15.3 Å². The maximum atomic E-state index is 10.6. The van der Waals surface area contributed by atoms with Gasteiger partial charge in [0.15, 0.2) is 0 Å². The zero-order chi connectivity index (χ0) is 8.85. The second kappa shape index (κ2) is 31.3. The first-order valence-corrected chi connectivity index (χ1v) is 3.88. The number of hydrogen-bond donors (Lipinski definition) is 0. The van der Waals surface area contributed by atoms with E-state index in [9.17, 15) is 9.90 Å². The van der Waals surface area contributed by atoms with Gasteiger partial charge in [-0.1, -0.05) is 29.7 Å². The third kappa shape index (κ3) is 26.4. The number of carbonyl (C=O) groups excluding carboxylic acids is 1. The van der Waals surface area contributed by atoms with E-state index in [2.05, 4.69) is 15.2 Å². The minimum atomic E-state index is -0.675. The Morgan fingerprint density at radius 2 is 1.39 bits per heavy atom. The maximum absolute atomic E-state index is 10.6. The fraction of sp³-hybridized carbons (Fsp3) is 0.600. The molecular formula is C10H25O4Sn2Te2. The van der Waals surface area contributed by atoms with Crippen molar-refractivity contribution in [2.24, 2.45) is 0 Å². The molecule has 0 spiro atoms. The molecule has 0 N–H and O–H groups in total. The maximum Gasteiger partial charge on any atom is 0 e. The predicted molar refractivity (Wildman–Crippen MR) is 83.7 cm³/mol. The van der Waals surface area contributed by atoms with E-state index in [1.807, 2.05) is 0 Å². The first-order chi connectivity index (χ1) is 5.11. The Labute approximate surface area is 177 Å². The average Bonchev–Trinajstić information content (AvgIpc) is 2.02. The van der Waals surface area contributed by atoms with E-state index < -0.39 is 11.9 Å². The summed E-state index contributed by atoms with van der Waals surface area (Å²) >= 11 is 1.06. The van der Waals surface area contributed by atoms with Gasteiger partial charge in [0.05, 0.1) is 0 Å². The Kier molecular flexibility index (Phi) is 87.3. The van der Waals surface area contributed by atoms with Crippen LogP contribution in [-0.4, -0.2) is 114 Å². The predicted octanol–water partition coefficient (Wildman–Crippen LogP) is 1.11. The molecule has 0 saturated carbocycles. The van der Waals surface area contributed by atoms with Crippen LogP contribution in [0, 0.1) is 0 Å². The van der Waals surface area contributed by atoms with Crippen LogP contribution in [0.3, 0.4) is 0 Å². The van der Waals surface area contributed by atoms with Gasteiger partial charge < -0.3 is 0 Å². The molecule has 0 atom stereocenters. The zero-order valence-corrected chi connectivity index (χ0v) is 18.1. The van der Waals surface area contributed by atoms with E-state index >= 15 is 0 Å². The fourth-order valence-electron chi connectivity index (χ4n) is 0.295. The zero-order valence-electron chi connectivity index (χ0n) is 7.49. The van der Waals surface area contributed by atoms with Gasteiger partial charge in [-0.2, -0.15) is 0 Å². The summed E-state index contributed by atoms with van der Waals surface area (Å²) in [5.74, 6) is -1.24. The Bertz CT molecular complexity index is 236. The van der Waals surface area contributed by atoms with Crippen LogP contribution in [0.25, 0.3) is 0 Å². The van der Waals surface area contributed by atoms with Crippen LogP contribution in [0.1, 0.15) is 31.1 Å². The molecule has 8 heteroatoms. The minimum Gasteiger partial charge on any atom is 0 e. The molecule has 0 aliphatic rings. The molecule has 4 nitrogen and oxygen atoms in total. The Balaban J connectivity index is -0.0000000179. The Morgan fingerprint density at radius 3 is 1.61 bits per heavy atom. The molecule has 0 aliphatic carbocycles. The smallest absolute Gasteiger partial charge is 0 e. The molecule has 0 fully saturated rings. The van der Waals surface area contributed by atoms with Gasteiger partial charge in [-0.05, 0) is 0 Å². The van der Waals surface area contributed by atoms with Gasteiger partial charge in [-0.15, -0.1) is 0 Å². The van der Waals surface area contributed by atoms with Gasteiger partial charge in [0.25, 0.3) is 0 Å². The van der Waals surface area contributed by atoms with Crippen LogP contribution in [-0.2, 0) is 19.4 Å². The van der Waals surface area contributed by atoms with Gasteiger partial charge in [0.1, 0.15) is 0 Å². The molecule has 0 aromatic carbocycles. The second-order valence-electron chi connectivity index (χ2n) is 1.46. The second-order valence-corrected chi connectivity index (χ2v) is 2.73. The third-order valence-corrected chi connectivity index (χ3v) is 1.62. The largest absolute Gasteiger partial charge is 0 e. The quantitative estimate of drug-likeness (QED) is 0.143. The molecule has 11 radical (unpaired) electrons. The summed E-state index contributed by atoms with van der Waals surface area (Å²) in [6.07, 6.45) is 0. The van der Waals surface area contributed by atoms with Crippen LogP contribution in [0.15, 0.2) is 15.3 Å². The van der Waals surface area contributed by atoms with Crippen molar-refractivity contribution in [3.63, 3.8) is 0 Å². The fourth-order valence-corrected chi connectivity index (χ4v) is 0.816. The average molecular weight is 702 g/mol. The summed E-state index contributed by atoms with van der Waals surface area (Å²) in [5.41, 5.74) is 2.18. The van der Waals surface area contributed by atoms with Crippen LogP contribution in [0.4, 0.5) is 0 Å². The normalized spacial score (nSPS) is 4.83. The summed E-state index contributed by atoms with van der Waals surface area (Å²) < 4.78 is 8.72.